The fraction of sp³-hybridized carbons (Fsp3) is 0.333. The largest absolute Gasteiger partial charge is 0.491 e. The van der Waals surface area contributed by atoms with E-state index in [2.05, 4.69) is 5.32 Å². The molecule has 2 rings (SSSR count). The van der Waals surface area contributed by atoms with Crippen LogP contribution in [0.15, 0.2) is 65.6 Å². The van der Waals surface area contributed by atoms with Gasteiger partial charge in [-0.25, -0.2) is 9.59 Å². The molecule has 2 aromatic rings. The minimum atomic E-state index is -1.03. The quantitative estimate of drug-likeness (QED) is 0.286. The van der Waals surface area contributed by atoms with Crippen molar-refractivity contribution < 1.29 is 34.0 Å². The molecule has 0 radical (unpaired) electrons. The second-order valence-electron chi connectivity index (χ2n) is 6.91. The minimum Gasteiger partial charge on any atom is -0.491 e. The molecule has 0 heterocycles. The van der Waals surface area contributed by atoms with Crippen LogP contribution in [0.4, 0.5) is 10.5 Å². The van der Waals surface area contributed by atoms with Gasteiger partial charge < -0.3 is 24.4 Å². The van der Waals surface area contributed by atoms with Crippen molar-refractivity contribution >= 4 is 29.5 Å². The number of thioether (sulfide) groups is 1. The highest BCUT2D eigenvalue weighted by Gasteiger charge is 2.27. The molecule has 178 valence electrons. The van der Waals surface area contributed by atoms with E-state index in [-0.39, 0.29) is 13.2 Å². The van der Waals surface area contributed by atoms with E-state index in [0.29, 0.717) is 29.8 Å². The van der Waals surface area contributed by atoms with Gasteiger partial charge in [0.1, 0.15) is 12.4 Å². The fourth-order valence-electron chi connectivity index (χ4n) is 3.05. The molecule has 8 nitrogen and oxygen atoms in total. The van der Waals surface area contributed by atoms with Gasteiger partial charge in [0.2, 0.25) is 0 Å². The van der Waals surface area contributed by atoms with Gasteiger partial charge in [-0.2, -0.15) is 0 Å². The van der Waals surface area contributed by atoms with Crippen LogP contribution in [0.1, 0.15) is 24.5 Å². The molecule has 0 fully saturated rings. The Hall–Kier alpha value is -3.01. The van der Waals surface area contributed by atoms with Gasteiger partial charge in [-0.15, -0.1) is 11.8 Å². The van der Waals surface area contributed by atoms with Crippen LogP contribution < -0.4 is 10.1 Å². The Morgan fingerprint density at radius 2 is 1.82 bits per heavy atom. The Morgan fingerprint density at radius 3 is 2.39 bits per heavy atom. The number of nitrogens with one attached hydrogen (secondary N) is 1. The highest BCUT2D eigenvalue weighted by Crippen LogP contribution is 2.29. The Labute approximate surface area is 197 Å². The van der Waals surface area contributed by atoms with E-state index >= 15 is 0 Å². The van der Waals surface area contributed by atoms with Crippen LogP contribution in [0.25, 0.3) is 0 Å². The van der Waals surface area contributed by atoms with Crippen LogP contribution >= 0.6 is 11.8 Å². The molecule has 0 bridgehead atoms. The van der Waals surface area contributed by atoms with E-state index in [9.17, 15) is 9.59 Å². The molecule has 0 spiro atoms. The maximum atomic E-state index is 12.7. The standard InChI is InChI=1S/C24H29NO7S/c1-30-21(5-3-4-6-22(27)28)23(17-7-11-19(12-8-17)31-16-15-26)32-24(29)25-18-9-13-20(33-2)14-10-18/h4,6-14,21,23,26H,3,5,15-16H2,1-2H3,(H,25,29)(H,27,28)/b6-4+/t21-,23-/m0/s1. The van der Waals surface area contributed by atoms with Crippen molar-refractivity contribution in [1.29, 1.82) is 0 Å². The Balaban J connectivity index is 2.16. The molecule has 0 saturated heterocycles. The number of carboxylic acid groups (broad SMARTS) is 1. The highest BCUT2D eigenvalue weighted by atomic mass is 32.2. The summed E-state index contributed by atoms with van der Waals surface area (Å²) in [6.07, 6.45) is 3.54. The zero-order valence-electron chi connectivity index (χ0n) is 18.6. The Morgan fingerprint density at radius 1 is 1.12 bits per heavy atom. The molecule has 2 atom stereocenters. The highest BCUT2D eigenvalue weighted by molar-refractivity contribution is 7.98. The van der Waals surface area contributed by atoms with Gasteiger partial charge >= 0.3 is 12.1 Å². The zero-order valence-corrected chi connectivity index (χ0v) is 19.4. The van der Waals surface area contributed by atoms with E-state index in [1.54, 1.807) is 48.2 Å². The molecule has 0 saturated carbocycles. The number of carbonyl (C=O) groups excluding carboxylic acids is 1. The van der Waals surface area contributed by atoms with Crippen molar-refractivity contribution in [2.75, 3.05) is 31.9 Å². The fourth-order valence-corrected chi connectivity index (χ4v) is 3.46. The summed E-state index contributed by atoms with van der Waals surface area (Å²) in [5.41, 5.74) is 1.29. The summed E-state index contributed by atoms with van der Waals surface area (Å²) in [6, 6.07) is 14.3. The third kappa shape index (κ3) is 9.17. The van der Waals surface area contributed by atoms with Gasteiger partial charge in [0, 0.05) is 23.8 Å². The number of allylic oxidation sites excluding steroid dienone is 1. The molecule has 0 aromatic heterocycles. The lowest BCUT2D eigenvalue weighted by Gasteiger charge is -2.26. The first-order chi connectivity index (χ1) is 16.0. The first-order valence-electron chi connectivity index (χ1n) is 10.3. The summed E-state index contributed by atoms with van der Waals surface area (Å²) in [5.74, 6) is -0.453. The van der Waals surface area contributed by atoms with Crippen molar-refractivity contribution in [3.63, 3.8) is 0 Å². The molecular formula is C24H29NO7S. The first-order valence-corrected chi connectivity index (χ1v) is 11.6. The molecule has 0 aliphatic rings. The molecule has 33 heavy (non-hydrogen) atoms. The first kappa shape index (κ1) is 26.2. The molecule has 0 aliphatic heterocycles. The smallest absolute Gasteiger partial charge is 0.412 e. The predicted octanol–water partition coefficient (Wildman–Crippen LogP) is 4.51. The monoisotopic (exact) mass is 475 g/mol. The van der Waals surface area contributed by atoms with Crippen LogP contribution in [0.3, 0.4) is 0 Å². The second kappa shape index (κ2) is 14.2. The van der Waals surface area contributed by atoms with Crippen LogP contribution in [0.2, 0.25) is 0 Å². The van der Waals surface area contributed by atoms with Gasteiger partial charge in [-0.05, 0) is 61.1 Å². The lowest BCUT2D eigenvalue weighted by molar-refractivity contribution is -0.131. The lowest BCUT2D eigenvalue weighted by atomic mass is 10.00. The van der Waals surface area contributed by atoms with Crippen molar-refractivity contribution in [3.05, 3.63) is 66.2 Å². The van der Waals surface area contributed by atoms with Crippen molar-refractivity contribution in [3.8, 4) is 5.75 Å². The number of anilines is 1. The third-order valence-corrected chi connectivity index (χ3v) is 5.40. The summed E-state index contributed by atoms with van der Waals surface area (Å²) in [6.45, 7) is 0.0782. The van der Waals surface area contributed by atoms with Crippen molar-refractivity contribution in [2.24, 2.45) is 0 Å². The number of aliphatic hydroxyl groups is 1. The minimum absolute atomic E-state index is 0.0960. The predicted molar refractivity (Wildman–Crippen MR) is 127 cm³/mol. The van der Waals surface area contributed by atoms with E-state index in [4.69, 9.17) is 24.4 Å². The van der Waals surface area contributed by atoms with Crippen LogP contribution in [0.5, 0.6) is 5.75 Å². The molecule has 9 heteroatoms. The molecule has 0 unspecified atom stereocenters. The number of benzene rings is 2. The summed E-state index contributed by atoms with van der Waals surface area (Å²) in [7, 11) is 1.51. The van der Waals surface area contributed by atoms with Gasteiger partial charge in [-0.1, -0.05) is 18.2 Å². The van der Waals surface area contributed by atoms with E-state index in [0.717, 1.165) is 11.0 Å². The number of methoxy groups -OCH3 is 1. The average molecular weight is 476 g/mol. The SMILES string of the molecule is CO[C@@H](CC/C=C/C(=O)O)[C@@H](OC(=O)Nc1ccc(SC)cc1)c1ccc(OCCO)cc1. The summed E-state index contributed by atoms with van der Waals surface area (Å²) in [5, 5.41) is 20.4. The van der Waals surface area contributed by atoms with Gasteiger partial charge in [0.25, 0.3) is 0 Å². The van der Waals surface area contributed by atoms with E-state index < -0.39 is 24.3 Å². The number of amides is 1. The number of hydrogen-bond acceptors (Lipinski definition) is 7. The van der Waals surface area contributed by atoms with Crippen molar-refractivity contribution in [2.45, 2.75) is 29.9 Å². The molecule has 3 N–H and O–H groups in total. The number of carbonyl (C=O) groups is 2. The Bertz CT molecular complexity index is 900. The van der Waals surface area contributed by atoms with Gasteiger partial charge in [0.15, 0.2) is 6.10 Å². The van der Waals surface area contributed by atoms with Crippen LogP contribution in [-0.2, 0) is 14.3 Å². The van der Waals surface area contributed by atoms with Crippen LogP contribution in [0, 0.1) is 0 Å². The van der Waals surface area contributed by atoms with Crippen LogP contribution in [-0.4, -0.2) is 55.0 Å². The summed E-state index contributed by atoms with van der Waals surface area (Å²) < 4.78 is 16.7. The number of ether oxygens (including phenoxy) is 3. The lowest BCUT2D eigenvalue weighted by Crippen LogP contribution is -2.28. The van der Waals surface area contributed by atoms with Gasteiger partial charge in [0.05, 0.1) is 12.7 Å². The van der Waals surface area contributed by atoms with Crippen molar-refractivity contribution in [1.82, 2.24) is 0 Å². The normalized spacial score (nSPS) is 12.8. The number of rotatable bonds is 13. The molecular weight excluding hydrogens is 446 g/mol. The van der Waals surface area contributed by atoms with Gasteiger partial charge in [-0.3, -0.25) is 5.32 Å². The number of carboxylic acids is 1. The van der Waals surface area contributed by atoms with E-state index in [1.807, 2.05) is 18.4 Å². The second-order valence-corrected chi connectivity index (χ2v) is 7.79. The third-order valence-electron chi connectivity index (χ3n) is 4.66. The maximum absolute atomic E-state index is 12.7. The molecule has 1 amide bonds. The summed E-state index contributed by atoms with van der Waals surface area (Å²) in [4.78, 5) is 24.4. The summed E-state index contributed by atoms with van der Waals surface area (Å²) >= 11 is 1.60. The topological polar surface area (TPSA) is 114 Å². The molecule has 2 aromatic carbocycles. The zero-order chi connectivity index (χ0) is 24.1. The Kier molecular flexibility index (Phi) is 11.3. The maximum Gasteiger partial charge on any atom is 0.412 e. The van der Waals surface area contributed by atoms with E-state index in [1.165, 1.54) is 13.2 Å². The number of hydrogen-bond donors (Lipinski definition) is 3. The number of aliphatic hydroxyl groups excluding tert-OH is 1. The molecule has 0 aliphatic carbocycles. The average Bonchev–Trinajstić information content (AvgIpc) is 2.82. The number of aliphatic carboxylic acids is 1.